The van der Waals surface area contributed by atoms with Crippen molar-refractivity contribution in [2.75, 3.05) is 11.9 Å². The Balaban J connectivity index is 1.92. The summed E-state index contributed by atoms with van der Waals surface area (Å²) < 4.78 is 12.7. The molecule has 0 radical (unpaired) electrons. The second kappa shape index (κ2) is 3.13. The minimum absolute atomic E-state index is 0.171. The lowest BCUT2D eigenvalue weighted by Crippen LogP contribution is -2.02. The van der Waals surface area contributed by atoms with Gasteiger partial charge in [0.15, 0.2) is 0 Å². The topological polar surface area (TPSA) is 12.0 Å². The number of nitrogens with one attached hydrogen (secondary N) is 1. The lowest BCUT2D eigenvalue weighted by atomic mass is 10.3. The molecule has 0 heterocycles. The molecule has 0 amide bonds. The van der Waals surface area contributed by atoms with Crippen LogP contribution >= 0.6 is 0 Å². The molecule has 0 aliphatic heterocycles. The summed E-state index contributed by atoms with van der Waals surface area (Å²) in [6, 6.07) is 6.61. The van der Waals surface area contributed by atoms with Crippen LogP contribution in [0, 0.1) is 11.7 Å². The maximum atomic E-state index is 12.7. The highest BCUT2D eigenvalue weighted by Crippen LogP contribution is 2.28. The zero-order valence-electron chi connectivity index (χ0n) is 6.89. The smallest absolute Gasteiger partial charge is 0.125 e. The molecule has 12 heavy (non-hydrogen) atoms. The van der Waals surface area contributed by atoms with E-state index >= 15 is 0 Å². The average molecular weight is 165 g/mol. The monoisotopic (exact) mass is 165 g/mol. The molecular weight excluding hydrogens is 153 g/mol. The van der Waals surface area contributed by atoms with E-state index in [1.54, 1.807) is 6.07 Å². The summed E-state index contributed by atoms with van der Waals surface area (Å²) in [4.78, 5) is 0. The fraction of sp³-hybridized carbons (Fsp3) is 0.400. The van der Waals surface area contributed by atoms with E-state index in [0.29, 0.717) is 0 Å². The van der Waals surface area contributed by atoms with Gasteiger partial charge < -0.3 is 5.32 Å². The molecule has 1 saturated carbocycles. The van der Waals surface area contributed by atoms with Crippen molar-refractivity contribution in [3.8, 4) is 0 Å². The largest absolute Gasteiger partial charge is 0.385 e. The molecule has 0 spiro atoms. The Morgan fingerprint density at radius 2 is 2.25 bits per heavy atom. The van der Waals surface area contributed by atoms with E-state index in [1.165, 1.54) is 25.0 Å². The third kappa shape index (κ3) is 1.97. The molecule has 0 bridgehead atoms. The van der Waals surface area contributed by atoms with Crippen LogP contribution in [0.5, 0.6) is 0 Å². The first-order valence-corrected chi connectivity index (χ1v) is 4.34. The Kier molecular flexibility index (Phi) is 1.98. The van der Waals surface area contributed by atoms with Gasteiger partial charge in [0, 0.05) is 12.2 Å². The number of benzene rings is 1. The van der Waals surface area contributed by atoms with Crippen molar-refractivity contribution in [1.29, 1.82) is 0 Å². The van der Waals surface area contributed by atoms with E-state index in [4.69, 9.17) is 0 Å². The molecule has 1 N–H and O–H groups in total. The minimum atomic E-state index is -0.171. The van der Waals surface area contributed by atoms with Crippen LogP contribution < -0.4 is 5.32 Å². The summed E-state index contributed by atoms with van der Waals surface area (Å²) in [7, 11) is 0. The van der Waals surface area contributed by atoms with Gasteiger partial charge in [0.05, 0.1) is 0 Å². The van der Waals surface area contributed by atoms with Crippen molar-refractivity contribution in [2.24, 2.45) is 5.92 Å². The number of halogens is 1. The molecule has 2 rings (SSSR count). The number of hydrogen-bond acceptors (Lipinski definition) is 1. The second-order valence-electron chi connectivity index (χ2n) is 3.33. The van der Waals surface area contributed by atoms with E-state index < -0.39 is 0 Å². The van der Waals surface area contributed by atoms with Crippen molar-refractivity contribution in [3.63, 3.8) is 0 Å². The van der Waals surface area contributed by atoms with Crippen molar-refractivity contribution in [1.82, 2.24) is 0 Å². The Morgan fingerprint density at radius 1 is 1.42 bits per heavy atom. The van der Waals surface area contributed by atoms with Gasteiger partial charge in [-0.1, -0.05) is 6.07 Å². The van der Waals surface area contributed by atoms with Gasteiger partial charge in [-0.15, -0.1) is 0 Å². The molecule has 1 nitrogen and oxygen atoms in total. The fourth-order valence-electron chi connectivity index (χ4n) is 1.18. The van der Waals surface area contributed by atoms with Crippen LogP contribution in [0.1, 0.15) is 12.8 Å². The van der Waals surface area contributed by atoms with Crippen LogP contribution in [0.25, 0.3) is 0 Å². The summed E-state index contributed by atoms with van der Waals surface area (Å²) in [5.74, 6) is 0.657. The normalized spacial score (nSPS) is 16.1. The zero-order valence-corrected chi connectivity index (χ0v) is 6.89. The highest BCUT2D eigenvalue weighted by Gasteiger charge is 2.20. The Labute approximate surface area is 71.6 Å². The molecular formula is C10H12FN. The van der Waals surface area contributed by atoms with E-state index in [1.807, 2.05) is 6.07 Å². The van der Waals surface area contributed by atoms with E-state index in [0.717, 1.165) is 18.2 Å². The lowest BCUT2D eigenvalue weighted by molar-refractivity contribution is 0.628. The molecule has 1 fully saturated rings. The number of rotatable bonds is 3. The summed E-state index contributed by atoms with van der Waals surface area (Å²) in [5.41, 5.74) is 0.891. The molecule has 64 valence electrons. The summed E-state index contributed by atoms with van der Waals surface area (Å²) in [6.07, 6.45) is 2.64. The maximum absolute atomic E-state index is 12.7. The molecule has 1 aliphatic rings. The Bertz CT molecular complexity index is 268. The van der Waals surface area contributed by atoms with Gasteiger partial charge >= 0.3 is 0 Å². The summed E-state index contributed by atoms with van der Waals surface area (Å²) in [6.45, 7) is 0.990. The van der Waals surface area contributed by atoms with Crippen LogP contribution in [0.15, 0.2) is 24.3 Å². The standard InChI is InChI=1S/C10H12FN/c11-9-2-1-3-10(6-9)12-7-8-4-5-8/h1-3,6,8,12H,4-5,7H2. The van der Waals surface area contributed by atoms with Crippen molar-refractivity contribution in [2.45, 2.75) is 12.8 Å². The van der Waals surface area contributed by atoms with Crippen LogP contribution in [0.3, 0.4) is 0 Å². The third-order valence-electron chi connectivity index (χ3n) is 2.12. The molecule has 1 aromatic carbocycles. The number of hydrogen-bond donors (Lipinski definition) is 1. The van der Waals surface area contributed by atoms with E-state index in [-0.39, 0.29) is 5.82 Å². The highest BCUT2D eigenvalue weighted by molar-refractivity contribution is 5.43. The average Bonchev–Trinajstić information content (AvgIpc) is 2.84. The van der Waals surface area contributed by atoms with Crippen molar-refractivity contribution < 1.29 is 4.39 Å². The summed E-state index contributed by atoms with van der Waals surface area (Å²) in [5, 5.41) is 3.21. The van der Waals surface area contributed by atoms with Crippen molar-refractivity contribution in [3.05, 3.63) is 30.1 Å². The minimum Gasteiger partial charge on any atom is -0.385 e. The molecule has 0 aromatic heterocycles. The van der Waals surface area contributed by atoms with E-state index in [9.17, 15) is 4.39 Å². The van der Waals surface area contributed by atoms with Gasteiger partial charge in [-0.05, 0) is 37.0 Å². The van der Waals surface area contributed by atoms with Crippen LogP contribution in [-0.2, 0) is 0 Å². The van der Waals surface area contributed by atoms with Crippen LogP contribution in [0.2, 0.25) is 0 Å². The number of anilines is 1. The van der Waals surface area contributed by atoms with Gasteiger partial charge in [0.2, 0.25) is 0 Å². The van der Waals surface area contributed by atoms with Crippen LogP contribution in [0.4, 0.5) is 10.1 Å². The molecule has 0 atom stereocenters. The van der Waals surface area contributed by atoms with Gasteiger partial charge in [0.25, 0.3) is 0 Å². The zero-order chi connectivity index (χ0) is 8.39. The first-order chi connectivity index (χ1) is 5.84. The van der Waals surface area contributed by atoms with Gasteiger partial charge in [-0.3, -0.25) is 0 Å². The van der Waals surface area contributed by atoms with Gasteiger partial charge in [0.1, 0.15) is 5.82 Å². The maximum Gasteiger partial charge on any atom is 0.125 e. The van der Waals surface area contributed by atoms with Gasteiger partial charge in [-0.2, -0.15) is 0 Å². The quantitative estimate of drug-likeness (QED) is 0.726. The fourth-order valence-corrected chi connectivity index (χ4v) is 1.18. The van der Waals surface area contributed by atoms with Crippen molar-refractivity contribution >= 4 is 5.69 Å². The molecule has 1 aromatic rings. The molecule has 0 saturated heterocycles. The Hall–Kier alpha value is -1.05. The highest BCUT2D eigenvalue weighted by atomic mass is 19.1. The first-order valence-electron chi connectivity index (χ1n) is 4.34. The Morgan fingerprint density at radius 3 is 2.92 bits per heavy atom. The molecule has 0 unspecified atom stereocenters. The van der Waals surface area contributed by atoms with Gasteiger partial charge in [-0.25, -0.2) is 4.39 Å². The third-order valence-corrected chi connectivity index (χ3v) is 2.12. The van der Waals surface area contributed by atoms with Crippen LogP contribution in [-0.4, -0.2) is 6.54 Å². The predicted molar refractivity (Wildman–Crippen MR) is 47.6 cm³/mol. The SMILES string of the molecule is Fc1cccc(NCC2CC2)c1. The second-order valence-corrected chi connectivity index (χ2v) is 3.33. The molecule has 2 heteroatoms. The van der Waals surface area contributed by atoms with E-state index in [2.05, 4.69) is 5.32 Å². The predicted octanol–water partition coefficient (Wildman–Crippen LogP) is 2.65. The first kappa shape index (κ1) is 7.59. The molecule has 1 aliphatic carbocycles. The lowest BCUT2D eigenvalue weighted by Gasteiger charge is -2.03. The summed E-state index contributed by atoms with van der Waals surface area (Å²) >= 11 is 0.